The van der Waals surface area contributed by atoms with Crippen LogP contribution in [0.1, 0.15) is 15.9 Å². The molecule has 0 fully saturated rings. The number of nitrogens with one attached hydrogen (secondary N) is 1. The Bertz CT molecular complexity index is 1050. The first-order chi connectivity index (χ1) is 13.4. The van der Waals surface area contributed by atoms with Gasteiger partial charge in [-0.2, -0.15) is 0 Å². The molecule has 0 radical (unpaired) electrons. The predicted octanol–water partition coefficient (Wildman–Crippen LogP) is 4.50. The van der Waals surface area contributed by atoms with Crippen LogP contribution in [-0.2, 0) is 6.54 Å². The SMILES string of the molecule is COc1cccc(CNC(=O)c2c([N+](=O)[O-])noc2-c2ccc(Cl)cc2Cl)c1. The van der Waals surface area contributed by atoms with E-state index in [2.05, 4.69) is 10.5 Å². The molecule has 0 bridgehead atoms. The van der Waals surface area contributed by atoms with Crippen LogP contribution in [0.3, 0.4) is 0 Å². The third-order valence-electron chi connectivity index (χ3n) is 3.84. The lowest BCUT2D eigenvalue weighted by molar-refractivity contribution is -0.391. The zero-order chi connectivity index (χ0) is 20.3. The van der Waals surface area contributed by atoms with Gasteiger partial charge < -0.3 is 20.2 Å². The molecule has 28 heavy (non-hydrogen) atoms. The van der Waals surface area contributed by atoms with Gasteiger partial charge in [0.1, 0.15) is 5.75 Å². The zero-order valence-corrected chi connectivity index (χ0v) is 16.0. The van der Waals surface area contributed by atoms with Crippen molar-refractivity contribution in [2.45, 2.75) is 6.54 Å². The first kappa shape index (κ1) is 19.7. The van der Waals surface area contributed by atoms with Crippen molar-refractivity contribution in [2.75, 3.05) is 7.11 Å². The average Bonchev–Trinajstić information content (AvgIpc) is 3.11. The summed E-state index contributed by atoms with van der Waals surface area (Å²) in [4.78, 5) is 23.2. The van der Waals surface area contributed by atoms with Gasteiger partial charge in [-0.3, -0.25) is 9.32 Å². The number of carbonyl (C=O) groups is 1. The minimum atomic E-state index is -0.794. The van der Waals surface area contributed by atoms with E-state index in [0.717, 1.165) is 5.56 Å². The third kappa shape index (κ3) is 4.08. The molecule has 3 rings (SSSR count). The van der Waals surface area contributed by atoms with Crippen molar-refractivity contribution in [3.05, 3.63) is 73.8 Å². The third-order valence-corrected chi connectivity index (χ3v) is 4.38. The molecule has 8 nitrogen and oxygen atoms in total. The Hall–Kier alpha value is -3.10. The fraction of sp³-hybridized carbons (Fsp3) is 0.111. The van der Waals surface area contributed by atoms with Gasteiger partial charge in [0, 0.05) is 17.1 Å². The van der Waals surface area contributed by atoms with Crippen molar-refractivity contribution < 1.29 is 19.0 Å². The summed E-state index contributed by atoms with van der Waals surface area (Å²) in [6.07, 6.45) is 0. The summed E-state index contributed by atoms with van der Waals surface area (Å²) in [6.45, 7) is 0.117. The van der Waals surface area contributed by atoms with Crippen LogP contribution in [0.4, 0.5) is 5.82 Å². The van der Waals surface area contributed by atoms with Gasteiger partial charge in [-0.05, 0) is 40.8 Å². The number of aromatic nitrogens is 1. The molecule has 0 aliphatic rings. The number of methoxy groups -OCH3 is 1. The molecule has 0 spiro atoms. The molecule has 0 saturated heterocycles. The van der Waals surface area contributed by atoms with Crippen LogP contribution in [0.15, 0.2) is 47.0 Å². The monoisotopic (exact) mass is 421 g/mol. The van der Waals surface area contributed by atoms with Gasteiger partial charge in [-0.1, -0.05) is 35.3 Å². The van der Waals surface area contributed by atoms with Crippen molar-refractivity contribution in [1.29, 1.82) is 0 Å². The summed E-state index contributed by atoms with van der Waals surface area (Å²) in [5.74, 6) is -0.922. The molecule has 2 aromatic carbocycles. The summed E-state index contributed by atoms with van der Waals surface area (Å²) < 4.78 is 10.2. The molecule has 0 unspecified atom stereocenters. The number of nitro groups is 1. The maximum atomic E-state index is 12.7. The van der Waals surface area contributed by atoms with Gasteiger partial charge >= 0.3 is 5.82 Å². The smallest absolute Gasteiger partial charge is 0.427 e. The fourth-order valence-electron chi connectivity index (χ4n) is 2.52. The number of carbonyl (C=O) groups excluding carboxylic acids is 1. The summed E-state index contributed by atoms with van der Waals surface area (Å²) in [5.41, 5.74) is 0.688. The van der Waals surface area contributed by atoms with Crippen LogP contribution in [0.2, 0.25) is 10.0 Å². The highest BCUT2D eigenvalue weighted by Gasteiger charge is 2.33. The second kappa shape index (κ2) is 8.28. The average molecular weight is 422 g/mol. The van der Waals surface area contributed by atoms with Crippen molar-refractivity contribution in [2.24, 2.45) is 0 Å². The maximum Gasteiger partial charge on any atom is 0.427 e. The van der Waals surface area contributed by atoms with Crippen LogP contribution in [0, 0.1) is 10.1 Å². The number of nitrogens with zero attached hydrogens (tertiary/aromatic N) is 2. The second-order valence-corrected chi connectivity index (χ2v) is 6.47. The molecular weight excluding hydrogens is 409 g/mol. The van der Waals surface area contributed by atoms with E-state index < -0.39 is 16.6 Å². The number of hydrogen-bond donors (Lipinski definition) is 1. The molecule has 3 aromatic rings. The lowest BCUT2D eigenvalue weighted by Gasteiger charge is -2.07. The molecule has 1 aromatic heterocycles. The Labute approximate surface area is 169 Å². The number of hydrogen-bond acceptors (Lipinski definition) is 6. The topological polar surface area (TPSA) is 108 Å². The molecule has 1 heterocycles. The zero-order valence-electron chi connectivity index (χ0n) is 14.4. The van der Waals surface area contributed by atoms with E-state index in [0.29, 0.717) is 10.8 Å². The quantitative estimate of drug-likeness (QED) is 0.463. The van der Waals surface area contributed by atoms with Gasteiger partial charge in [0.15, 0.2) is 10.7 Å². The van der Waals surface area contributed by atoms with Crippen LogP contribution >= 0.6 is 23.2 Å². The lowest BCUT2D eigenvalue weighted by atomic mass is 10.1. The normalized spacial score (nSPS) is 10.5. The van der Waals surface area contributed by atoms with Gasteiger partial charge in [-0.15, -0.1) is 0 Å². The second-order valence-electron chi connectivity index (χ2n) is 5.63. The van der Waals surface area contributed by atoms with Crippen LogP contribution in [0.25, 0.3) is 11.3 Å². The van der Waals surface area contributed by atoms with Gasteiger partial charge in [0.2, 0.25) is 5.76 Å². The number of halogens is 2. The van der Waals surface area contributed by atoms with E-state index in [1.54, 1.807) is 24.3 Å². The molecule has 10 heteroatoms. The standard InChI is InChI=1S/C18H13Cl2N3O5/c1-27-12-4-2-3-10(7-12)9-21-18(24)15-16(28-22-17(15)23(25)26)13-6-5-11(19)8-14(13)20/h2-8H,9H2,1H3,(H,21,24). The Morgan fingerprint density at radius 1 is 1.29 bits per heavy atom. The molecule has 0 aliphatic heterocycles. The van der Waals surface area contributed by atoms with Gasteiger partial charge in [0.05, 0.1) is 12.1 Å². The van der Waals surface area contributed by atoms with E-state index in [-0.39, 0.29) is 28.5 Å². The molecule has 1 N–H and O–H groups in total. The van der Waals surface area contributed by atoms with Gasteiger partial charge in [0.25, 0.3) is 5.91 Å². The van der Waals surface area contributed by atoms with Gasteiger partial charge in [-0.25, -0.2) is 0 Å². The Morgan fingerprint density at radius 3 is 2.75 bits per heavy atom. The molecule has 0 atom stereocenters. The Morgan fingerprint density at radius 2 is 2.07 bits per heavy atom. The van der Waals surface area contributed by atoms with Crippen molar-refractivity contribution >= 4 is 34.9 Å². The van der Waals surface area contributed by atoms with E-state index >= 15 is 0 Å². The molecule has 144 valence electrons. The van der Waals surface area contributed by atoms with E-state index in [9.17, 15) is 14.9 Å². The number of ether oxygens (including phenoxy) is 1. The molecule has 0 saturated carbocycles. The highest BCUT2D eigenvalue weighted by Crippen LogP contribution is 2.36. The molecule has 1 amide bonds. The fourth-order valence-corrected chi connectivity index (χ4v) is 3.02. The molecule has 0 aliphatic carbocycles. The minimum absolute atomic E-state index is 0.114. The number of benzene rings is 2. The minimum Gasteiger partial charge on any atom is -0.497 e. The predicted molar refractivity (Wildman–Crippen MR) is 103 cm³/mol. The first-order valence-electron chi connectivity index (χ1n) is 7.91. The van der Waals surface area contributed by atoms with Crippen LogP contribution in [0.5, 0.6) is 5.75 Å². The molecular formula is C18H13Cl2N3O5. The highest BCUT2D eigenvalue weighted by atomic mass is 35.5. The van der Waals surface area contributed by atoms with Crippen molar-refractivity contribution in [3.8, 4) is 17.1 Å². The maximum absolute atomic E-state index is 12.7. The summed E-state index contributed by atoms with van der Waals surface area (Å²) in [7, 11) is 1.53. The summed E-state index contributed by atoms with van der Waals surface area (Å²) in [6, 6.07) is 11.5. The number of rotatable bonds is 6. The largest absolute Gasteiger partial charge is 0.497 e. The van der Waals surface area contributed by atoms with Crippen LogP contribution in [-0.4, -0.2) is 23.1 Å². The summed E-state index contributed by atoms with van der Waals surface area (Å²) in [5, 5.41) is 17.9. The van der Waals surface area contributed by atoms with E-state index in [1.807, 2.05) is 0 Å². The summed E-state index contributed by atoms with van der Waals surface area (Å²) >= 11 is 12.0. The van der Waals surface area contributed by atoms with Crippen LogP contribution < -0.4 is 10.1 Å². The first-order valence-corrected chi connectivity index (χ1v) is 8.67. The number of amides is 1. The Kier molecular flexibility index (Phi) is 5.81. The lowest BCUT2D eigenvalue weighted by Crippen LogP contribution is -2.23. The van der Waals surface area contributed by atoms with Crippen molar-refractivity contribution in [1.82, 2.24) is 10.5 Å². The highest BCUT2D eigenvalue weighted by molar-refractivity contribution is 6.36. The van der Waals surface area contributed by atoms with E-state index in [4.69, 9.17) is 32.5 Å². The Balaban J connectivity index is 1.93. The van der Waals surface area contributed by atoms with Crippen molar-refractivity contribution in [3.63, 3.8) is 0 Å². The van der Waals surface area contributed by atoms with E-state index in [1.165, 1.54) is 25.3 Å².